The van der Waals surface area contributed by atoms with Crippen molar-refractivity contribution in [2.75, 3.05) is 12.5 Å². The van der Waals surface area contributed by atoms with Gasteiger partial charge in [0.15, 0.2) is 0 Å². The van der Waals surface area contributed by atoms with Crippen LogP contribution in [0.2, 0.25) is 0 Å². The molecule has 0 heterocycles. The zero-order chi connectivity index (χ0) is 22.1. The van der Waals surface area contributed by atoms with Gasteiger partial charge < -0.3 is 0 Å². The average molecular weight is 435 g/mol. The molecule has 1 fully saturated rings. The predicted octanol–water partition coefficient (Wildman–Crippen LogP) is 8.07. The molecule has 0 nitrogen and oxygen atoms in total. The van der Waals surface area contributed by atoms with E-state index in [1.165, 1.54) is 31.2 Å². The second kappa shape index (κ2) is 7.68. The number of benzene rings is 2. The van der Waals surface area contributed by atoms with Gasteiger partial charge in [-0.1, -0.05) is 71.0 Å². The monoisotopic (exact) mass is 434 g/mol. The highest BCUT2D eigenvalue weighted by molar-refractivity contribution is 8.33. The summed E-state index contributed by atoms with van der Waals surface area (Å²) in [7, 11) is -0.782. The van der Waals surface area contributed by atoms with Crippen molar-refractivity contribution in [2.45, 2.75) is 70.8 Å². The molecular formula is C30H42S. The summed E-state index contributed by atoms with van der Waals surface area (Å²) < 4.78 is 0. The van der Waals surface area contributed by atoms with Crippen molar-refractivity contribution in [3.63, 3.8) is 0 Å². The van der Waals surface area contributed by atoms with Crippen molar-refractivity contribution in [1.82, 2.24) is 0 Å². The van der Waals surface area contributed by atoms with E-state index in [0.717, 1.165) is 40.1 Å². The van der Waals surface area contributed by atoms with E-state index < -0.39 is 10.0 Å². The highest BCUT2D eigenvalue weighted by atomic mass is 32.3. The fraction of sp³-hybridized carbons (Fsp3) is 0.600. The van der Waals surface area contributed by atoms with Gasteiger partial charge in [-0.25, -0.2) is 10.0 Å². The van der Waals surface area contributed by atoms with Crippen LogP contribution in [0.25, 0.3) is 11.1 Å². The van der Waals surface area contributed by atoms with Crippen molar-refractivity contribution in [3.8, 4) is 11.1 Å². The van der Waals surface area contributed by atoms with Crippen LogP contribution in [0.4, 0.5) is 0 Å². The molecule has 3 aliphatic carbocycles. The molecule has 2 aromatic rings. The minimum Gasteiger partial charge on any atom is -0.236 e. The number of rotatable bonds is 3. The quantitative estimate of drug-likeness (QED) is 0.458. The first-order valence-corrected chi connectivity index (χ1v) is 15.2. The summed E-state index contributed by atoms with van der Waals surface area (Å²) in [5.41, 5.74) is 9.90. The van der Waals surface area contributed by atoms with Crippen LogP contribution >= 0.6 is 10.0 Å². The Morgan fingerprint density at radius 1 is 0.774 bits per heavy atom. The highest BCUT2D eigenvalue weighted by Gasteiger charge is 2.51. The summed E-state index contributed by atoms with van der Waals surface area (Å²) in [4.78, 5) is 0. The molecule has 2 aromatic carbocycles. The van der Waals surface area contributed by atoms with Crippen LogP contribution in [-0.2, 0) is 19.3 Å². The molecule has 168 valence electrons. The Kier molecular flexibility index (Phi) is 5.36. The summed E-state index contributed by atoms with van der Waals surface area (Å²) in [6.07, 6.45) is 10.6. The molecular weight excluding hydrogens is 392 g/mol. The second-order valence-electron chi connectivity index (χ2n) is 11.7. The molecule has 31 heavy (non-hydrogen) atoms. The maximum atomic E-state index is 2.71. The third kappa shape index (κ3) is 3.17. The number of hydrogen-bond acceptors (Lipinski definition) is 0. The molecule has 6 atom stereocenters. The van der Waals surface area contributed by atoms with Crippen molar-refractivity contribution >= 4 is 10.0 Å². The molecule has 0 spiro atoms. The zero-order valence-electron chi connectivity index (χ0n) is 20.7. The van der Waals surface area contributed by atoms with Crippen LogP contribution in [0.15, 0.2) is 36.4 Å². The van der Waals surface area contributed by atoms with E-state index in [0.29, 0.717) is 0 Å². The lowest BCUT2D eigenvalue weighted by molar-refractivity contribution is 0.352. The van der Waals surface area contributed by atoms with E-state index in [-0.39, 0.29) is 0 Å². The average Bonchev–Trinajstić information content (AvgIpc) is 3.38. The molecule has 6 unspecified atom stereocenters. The minimum absolute atomic E-state index is 0.753. The van der Waals surface area contributed by atoms with Gasteiger partial charge in [0, 0.05) is 5.25 Å². The number of aryl methyl sites for hydroxylation is 1. The van der Waals surface area contributed by atoms with E-state index in [2.05, 4.69) is 83.5 Å². The van der Waals surface area contributed by atoms with Gasteiger partial charge in [0.05, 0.1) is 0 Å². The van der Waals surface area contributed by atoms with Crippen LogP contribution in [0, 0.1) is 29.6 Å². The van der Waals surface area contributed by atoms with Gasteiger partial charge in [-0.2, -0.15) is 0 Å². The maximum absolute atomic E-state index is 2.71. The van der Waals surface area contributed by atoms with E-state index >= 15 is 0 Å². The van der Waals surface area contributed by atoms with Crippen molar-refractivity contribution in [3.05, 3.63) is 58.7 Å². The van der Waals surface area contributed by atoms with Crippen LogP contribution in [-0.4, -0.2) is 17.8 Å². The first-order valence-electron chi connectivity index (χ1n) is 12.7. The SMILES string of the molecule is CC1Cc2c(cc3c(c2-c2ccccc2)CCC3)C1S(C)(C)C1C(C)C(C)C(C)C1C. The highest BCUT2D eigenvalue weighted by Crippen LogP contribution is 2.71. The normalized spacial score (nSPS) is 35.3. The third-order valence-electron chi connectivity index (χ3n) is 9.83. The molecule has 3 aliphatic rings. The summed E-state index contributed by atoms with van der Waals surface area (Å²) >= 11 is 0. The summed E-state index contributed by atoms with van der Waals surface area (Å²) in [6, 6.07) is 14.0. The van der Waals surface area contributed by atoms with Gasteiger partial charge in [0.25, 0.3) is 0 Å². The first-order chi connectivity index (χ1) is 14.7. The Balaban J connectivity index is 1.65. The van der Waals surface area contributed by atoms with Crippen LogP contribution in [0.5, 0.6) is 0 Å². The standard InChI is InChI=1S/C30H42S/c1-18-16-26-27(29(18)31(6,7)30-21(4)19(2)20(3)22(30)5)17-24-14-11-15-25(24)28(26)23-12-9-8-10-13-23/h8-10,12-13,17-22,29-30H,11,14-16H2,1-7H3. The predicted molar refractivity (Wildman–Crippen MR) is 139 cm³/mol. The fourth-order valence-corrected chi connectivity index (χ4v) is 13.4. The summed E-state index contributed by atoms with van der Waals surface area (Å²) in [5, 5.41) is 1.63. The molecule has 0 radical (unpaired) electrons. The Morgan fingerprint density at radius 2 is 1.42 bits per heavy atom. The number of hydrogen-bond donors (Lipinski definition) is 0. The molecule has 0 aliphatic heterocycles. The Bertz CT molecular complexity index is 958. The van der Waals surface area contributed by atoms with Gasteiger partial charge in [-0.05, 0) is 106 Å². The maximum Gasteiger partial charge on any atom is 0.0170 e. The Morgan fingerprint density at radius 3 is 2.06 bits per heavy atom. The van der Waals surface area contributed by atoms with Gasteiger partial charge in [-0.15, -0.1) is 0 Å². The molecule has 5 rings (SSSR count). The molecule has 0 saturated heterocycles. The van der Waals surface area contributed by atoms with Gasteiger partial charge >= 0.3 is 0 Å². The minimum atomic E-state index is -0.782. The molecule has 0 amide bonds. The van der Waals surface area contributed by atoms with Crippen molar-refractivity contribution in [1.29, 1.82) is 0 Å². The topological polar surface area (TPSA) is 0 Å². The van der Waals surface area contributed by atoms with E-state index in [4.69, 9.17) is 0 Å². The lowest BCUT2D eigenvalue weighted by atomic mass is 9.89. The zero-order valence-corrected chi connectivity index (χ0v) is 21.6. The van der Waals surface area contributed by atoms with Gasteiger partial charge in [0.1, 0.15) is 0 Å². The number of fused-ring (bicyclic) bond motifs is 2. The van der Waals surface area contributed by atoms with E-state index in [1.807, 2.05) is 0 Å². The van der Waals surface area contributed by atoms with Gasteiger partial charge in [-0.3, -0.25) is 0 Å². The van der Waals surface area contributed by atoms with Crippen LogP contribution in [0.3, 0.4) is 0 Å². The third-order valence-corrected chi connectivity index (χ3v) is 14.1. The molecule has 0 bridgehead atoms. The molecule has 1 saturated carbocycles. The van der Waals surface area contributed by atoms with Gasteiger partial charge in [0.2, 0.25) is 0 Å². The first kappa shape index (κ1) is 21.6. The van der Waals surface area contributed by atoms with E-state index in [9.17, 15) is 0 Å². The Hall–Kier alpha value is -1.21. The lowest BCUT2D eigenvalue weighted by Gasteiger charge is -2.50. The largest absolute Gasteiger partial charge is 0.236 e. The fourth-order valence-electron chi connectivity index (χ4n) is 8.21. The lowest BCUT2D eigenvalue weighted by Crippen LogP contribution is -2.31. The van der Waals surface area contributed by atoms with Crippen LogP contribution in [0.1, 0.15) is 68.5 Å². The smallest absolute Gasteiger partial charge is 0.0170 e. The summed E-state index contributed by atoms with van der Waals surface area (Å²) in [6.45, 7) is 12.8. The Labute approximate surface area is 192 Å². The van der Waals surface area contributed by atoms with Crippen molar-refractivity contribution < 1.29 is 0 Å². The summed E-state index contributed by atoms with van der Waals surface area (Å²) in [5.74, 6) is 4.14. The van der Waals surface area contributed by atoms with Crippen molar-refractivity contribution in [2.24, 2.45) is 29.6 Å². The molecule has 0 aromatic heterocycles. The molecule has 0 N–H and O–H groups in total. The van der Waals surface area contributed by atoms with Crippen LogP contribution < -0.4 is 0 Å². The second-order valence-corrected chi connectivity index (χ2v) is 15.7. The molecule has 1 heteroatoms. The van der Waals surface area contributed by atoms with E-state index in [1.54, 1.807) is 27.8 Å².